The second-order valence-electron chi connectivity index (χ2n) is 9.58. The maximum atomic E-state index is 12.8. The van der Waals surface area contributed by atoms with Gasteiger partial charge in [-0.15, -0.1) is 0 Å². The highest BCUT2D eigenvalue weighted by Crippen LogP contribution is 2.47. The zero-order chi connectivity index (χ0) is 22.7. The zero-order valence-electron chi connectivity index (χ0n) is 17.6. The van der Waals surface area contributed by atoms with Gasteiger partial charge >= 0.3 is 21.7 Å². The fraction of sp³-hybridized carbons (Fsp3) is 0.944. The number of halogens is 3. The molecule has 12 heteroatoms. The molecule has 8 nitrogen and oxygen atoms in total. The van der Waals surface area contributed by atoms with Crippen molar-refractivity contribution in [3.05, 3.63) is 0 Å². The molecule has 0 aromatic carbocycles. The van der Waals surface area contributed by atoms with E-state index in [1.807, 2.05) is 0 Å². The lowest BCUT2D eigenvalue weighted by Crippen LogP contribution is -2.52. The Balaban J connectivity index is 1.62. The van der Waals surface area contributed by atoms with Crippen molar-refractivity contribution in [1.29, 1.82) is 0 Å². The predicted molar refractivity (Wildman–Crippen MR) is 97.7 cm³/mol. The maximum absolute atomic E-state index is 12.8. The van der Waals surface area contributed by atoms with Gasteiger partial charge in [-0.05, 0) is 59.3 Å². The normalized spacial score (nSPS) is 32.1. The van der Waals surface area contributed by atoms with E-state index >= 15 is 0 Å². The molecule has 4 atom stereocenters. The molecule has 2 heterocycles. The zero-order valence-corrected chi connectivity index (χ0v) is 18.4. The van der Waals surface area contributed by atoms with Gasteiger partial charge in [0.1, 0.15) is 17.8 Å². The molecule has 2 saturated heterocycles. The molecule has 1 unspecified atom stereocenters. The van der Waals surface area contributed by atoms with Crippen molar-refractivity contribution in [3.8, 4) is 0 Å². The van der Waals surface area contributed by atoms with E-state index in [-0.39, 0.29) is 18.3 Å². The van der Waals surface area contributed by atoms with Crippen molar-refractivity contribution in [2.75, 3.05) is 13.1 Å². The van der Waals surface area contributed by atoms with E-state index < -0.39 is 51.4 Å². The summed E-state index contributed by atoms with van der Waals surface area (Å²) in [5, 5.41) is 0. The van der Waals surface area contributed by atoms with Gasteiger partial charge < -0.3 is 19.1 Å². The van der Waals surface area contributed by atoms with Crippen LogP contribution in [0.15, 0.2) is 0 Å². The average molecular weight is 459 g/mol. The Kier molecular flexibility index (Phi) is 5.88. The second kappa shape index (κ2) is 7.49. The molecule has 0 N–H and O–H groups in total. The van der Waals surface area contributed by atoms with Crippen LogP contribution < -0.4 is 0 Å². The van der Waals surface area contributed by atoms with Crippen LogP contribution in [0.3, 0.4) is 0 Å². The summed E-state index contributed by atoms with van der Waals surface area (Å²) in [4.78, 5) is 13.6. The second-order valence-corrected chi connectivity index (χ2v) is 11.1. The lowest BCUT2D eigenvalue weighted by atomic mass is 9.87. The number of nitrogens with zero attached hydrogens (tertiary/aromatic N) is 1. The van der Waals surface area contributed by atoms with Gasteiger partial charge in [0, 0.05) is 13.1 Å². The smallest absolute Gasteiger partial charge is 0.444 e. The van der Waals surface area contributed by atoms with Crippen LogP contribution in [0, 0.1) is 11.8 Å². The van der Waals surface area contributed by atoms with Gasteiger partial charge in [-0.25, -0.2) is 4.79 Å². The lowest BCUT2D eigenvalue weighted by molar-refractivity contribution is -0.166. The Morgan fingerprint density at radius 3 is 2.23 bits per heavy atom. The molecule has 3 aliphatic rings. The van der Waals surface area contributed by atoms with Crippen LogP contribution in [0.4, 0.5) is 18.0 Å². The number of likely N-dealkylation sites (tertiary alicyclic amines) is 1. The molecule has 1 amide bonds. The van der Waals surface area contributed by atoms with E-state index in [2.05, 4.69) is 4.18 Å². The van der Waals surface area contributed by atoms with E-state index in [0.717, 1.165) is 0 Å². The number of alkyl halides is 3. The van der Waals surface area contributed by atoms with E-state index in [1.54, 1.807) is 39.5 Å². The molecule has 0 aromatic heterocycles. The SMILES string of the molecule is CC(C)(C)OC(=O)N1CC(C[C@H]2CC(OS(=O)(=O)C(F)(F)F)[C@@H]3OC(C)(C)O[C@H]23)C1. The van der Waals surface area contributed by atoms with E-state index in [1.165, 1.54) is 0 Å². The minimum Gasteiger partial charge on any atom is -0.444 e. The molecule has 1 saturated carbocycles. The van der Waals surface area contributed by atoms with Gasteiger partial charge in [-0.1, -0.05) is 0 Å². The predicted octanol–water partition coefficient (Wildman–Crippen LogP) is 3.02. The highest BCUT2D eigenvalue weighted by Gasteiger charge is 2.58. The van der Waals surface area contributed by atoms with Crippen LogP contribution in [0.1, 0.15) is 47.5 Å². The van der Waals surface area contributed by atoms with Crippen LogP contribution in [-0.4, -0.2) is 67.7 Å². The van der Waals surface area contributed by atoms with Crippen molar-refractivity contribution in [1.82, 2.24) is 4.90 Å². The molecule has 1 aliphatic carbocycles. The molecule has 2 aliphatic heterocycles. The summed E-state index contributed by atoms with van der Waals surface area (Å²) in [6.07, 6.45) is -2.58. The molecular formula is C18H28F3NO7S. The van der Waals surface area contributed by atoms with Crippen molar-refractivity contribution >= 4 is 16.2 Å². The number of ether oxygens (including phenoxy) is 3. The number of fused-ring (bicyclic) bond motifs is 1. The van der Waals surface area contributed by atoms with E-state index in [9.17, 15) is 26.4 Å². The molecule has 174 valence electrons. The summed E-state index contributed by atoms with van der Waals surface area (Å²) >= 11 is 0. The molecule has 3 fully saturated rings. The largest absolute Gasteiger partial charge is 0.523 e. The number of amides is 1. The number of carbonyl (C=O) groups is 1. The van der Waals surface area contributed by atoms with Crippen LogP contribution in [-0.2, 0) is 28.5 Å². The molecular weight excluding hydrogens is 431 g/mol. The molecule has 0 spiro atoms. The number of carbonyl (C=O) groups excluding carboxylic acids is 1. The Labute approximate surface area is 174 Å². The minimum absolute atomic E-state index is 0.0592. The first-order chi connectivity index (χ1) is 13.5. The molecule has 3 rings (SSSR count). The average Bonchev–Trinajstić information content (AvgIpc) is 2.93. The molecule has 0 bridgehead atoms. The fourth-order valence-corrected chi connectivity index (χ4v) is 4.82. The van der Waals surface area contributed by atoms with Gasteiger partial charge in [-0.2, -0.15) is 21.6 Å². The minimum atomic E-state index is -5.74. The highest BCUT2D eigenvalue weighted by molar-refractivity contribution is 7.87. The molecule has 0 aromatic rings. The summed E-state index contributed by atoms with van der Waals surface area (Å²) in [5.74, 6) is -1.20. The first-order valence-electron chi connectivity index (χ1n) is 9.80. The molecule has 30 heavy (non-hydrogen) atoms. The number of rotatable bonds is 4. The Morgan fingerprint density at radius 2 is 1.70 bits per heavy atom. The standard InChI is InChI=1S/C18H28F3NO7S/c1-16(2,3)28-15(23)22-8-10(9-22)6-11-7-12(29-30(24,25)18(19,20)21)14-13(11)26-17(4,5)27-14/h10-14H,6-9H2,1-5H3/t11-,12?,13+,14-/m0/s1. The van der Waals surface area contributed by atoms with Crippen molar-refractivity contribution in [3.63, 3.8) is 0 Å². The van der Waals surface area contributed by atoms with Crippen LogP contribution in [0.5, 0.6) is 0 Å². The summed E-state index contributed by atoms with van der Waals surface area (Å²) in [6, 6.07) is 0. The van der Waals surface area contributed by atoms with Gasteiger partial charge in [-0.3, -0.25) is 4.18 Å². The summed E-state index contributed by atoms with van der Waals surface area (Å²) < 4.78 is 82.6. The Morgan fingerprint density at radius 1 is 1.13 bits per heavy atom. The molecule has 0 radical (unpaired) electrons. The van der Waals surface area contributed by atoms with Crippen LogP contribution in [0.2, 0.25) is 0 Å². The third kappa shape index (κ3) is 5.03. The number of hydrogen-bond acceptors (Lipinski definition) is 7. The monoisotopic (exact) mass is 459 g/mol. The maximum Gasteiger partial charge on any atom is 0.523 e. The summed E-state index contributed by atoms with van der Waals surface area (Å²) in [7, 11) is -5.74. The van der Waals surface area contributed by atoms with Crippen molar-refractivity contribution < 1.29 is 44.8 Å². The fourth-order valence-electron chi connectivity index (χ4n) is 4.20. The van der Waals surface area contributed by atoms with E-state index in [0.29, 0.717) is 19.5 Å². The van der Waals surface area contributed by atoms with Gasteiger partial charge in [0.05, 0.1) is 6.10 Å². The third-order valence-corrected chi connectivity index (χ3v) is 6.38. The lowest BCUT2D eigenvalue weighted by Gasteiger charge is -2.41. The topological polar surface area (TPSA) is 91.4 Å². The number of hydrogen-bond donors (Lipinski definition) is 0. The third-order valence-electron chi connectivity index (χ3n) is 5.31. The summed E-state index contributed by atoms with van der Waals surface area (Å²) in [5.41, 5.74) is -6.10. The first-order valence-corrected chi connectivity index (χ1v) is 11.2. The highest BCUT2D eigenvalue weighted by atomic mass is 32.2. The van der Waals surface area contributed by atoms with Crippen LogP contribution >= 0.6 is 0 Å². The summed E-state index contributed by atoms with van der Waals surface area (Å²) in [6.45, 7) is 9.47. The quantitative estimate of drug-likeness (QED) is 0.471. The first kappa shape index (κ1) is 23.6. The Hall–Kier alpha value is -1.11. The van der Waals surface area contributed by atoms with Gasteiger partial charge in [0.2, 0.25) is 0 Å². The Bertz CT molecular complexity index is 772. The van der Waals surface area contributed by atoms with Crippen molar-refractivity contribution in [2.45, 2.75) is 82.7 Å². The van der Waals surface area contributed by atoms with E-state index in [4.69, 9.17) is 14.2 Å². The van der Waals surface area contributed by atoms with Crippen molar-refractivity contribution in [2.24, 2.45) is 11.8 Å². The van der Waals surface area contributed by atoms with Crippen LogP contribution in [0.25, 0.3) is 0 Å². The van der Waals surface area contributed by atoms with Gasteiger partial charge in [0.25, 0.3) is 0 Å². The van der Waals surface area contributed by atoms with Gasteiger partial charge in [0.15, 0.2) is 5.79 Å².